The van der Waals surface area contributed by atoms with Crippen LogP contribution < -0.4 is 20.1 Å². The van der Waals surface area contributed by atoms with Gasteiger partial charge in [-0.25, -0.2) is 4.99 Å². The van der Waals surface area contributed by atoms with E-state index in [1.54, 1.807) is 0 Å². The van der Waals surface area contributed by atoms with Crippen LogP contribution in [0.1, 0.15) is 12.6 Å². The molecule has 0 aliphatic carbocycles. The molecule has 4 rings (SSSR count). The average molecular weight is 492 g/mol. The van der Waals surface area contributed by atoms with Crippen LogP contribution in [-0.4, -0.2) is 36.7 Å². The van der Waals surface area contributed by atoms with Crippen LogP contribution in [0.15, 0.2) is 59.6 Å². The zero-order valence-corrected chi connectivity index (χ0v) is 18.1. The van der Waals surface area contributed by atoms with E-state index in [9.17, 15) is 0 Å². The zero-order chi connectivity index (χ0) is 18.5. The van der Waals surface area contributed by atoms with Crippen LogP contribution in [0.3, 0.4) is 0 Å². The van der Waals surface area contributed by atoms with Crippen molar-refractivity contribution in [3.05, 3.63) is 60.3 Å². The van der Waals surface area contributed by atoms with Crippen molar-refractivity contribution in [3.8, 4) is 11.5 Å². The van der Waals surface area contributed by atoms with Crippen LogP contribution in [0.2, 0.25) is 0 Å². The molecule has 0 fully saturated rings. The molecule has 28 heavy (non-hydrogen) atoms. The standard InChI is InChI=1S/C21H24N4O2.HI/c1-2-22-21(23-12-16-11-15-7-3-4-8-18(15)25-16)24-13-17-14-26-19-9-5-6-10-20(19)27-17;/h3-11,17,25H,2,12-14H2,1H3,(H2,22,23,24);1H. The molecule has 0 amide bonds. The number of aliphatic imine (C=N–C) groups is 1. The van der Waals surface area contributed by atoms with Gasteiger partial charge in [0.2, 0.25) is 0 Å². The number of nitrogens with one attached hydrogen (secondary N) is 3. The number of hydrogen-bond acceptors (Lipinski definition) is 3. The van der Waals surface area contributed by atoms with Crippen LogP contribution in [-0.2, 0) is 6.54 Å². The summed E-state index contributed by atoms with van der Waals surface area (Å²) in [6.07, 6.45) is -0.0585. The Balaban J connectivity index is 0.00000225. The second-order valence-electron chi connectivity index (χ2n) is 6.46. The fourth-order valence-electron chi connectivity index (χ4n) is 3.10. The molecule has 0 bridgehead atoms. The molecule has 3 N–H and O–H groups in total. The lowest BCUT2D eigenvalue weighted by molar-refractivity contribution is 0.0936. The van der Waals surface area contributed by atoms with Gasteiger partial charge in [-0.2, -0.15) is 0 Å². The van der Waals surface area contributed by atoms with Crippen molar-refractivity contribution in [2.45, 2.75) is 19.6 Å². The monoisotopic (exact) mass is 492 g/mol. The van der Waals surface area contributed by atoms with E-state index in [1.807, 2.05) is 36.4 Å². The maximum Gasteiger partial charge on any atom is 0.191 e. The molecular weight excluding hydrogens is 467 g/mol. The Hall–Kier alpha value is -2.42. The van der Waals surface area contributed by atoms with E-state index < -0.39 is 0 Å². The largest absolute Gasteiger partial charge is 0.486 e. The molecule has 2 aromatic carbocycles. The number of nitrogens with zero attached hydrogens (tertiary/aromatic N) is 1. The minimum Gasteiger partial charge on any atom is -0.486 e. The maximum absolute atomic E-state index is 5.99. The summed E-state index contributed by atoms with van der Waals surface area (Å²) in [7, 11) is 0. The maximum atomic E-state index is 5.99. The number of benzene rings is 2. The van der Waals surface area contributed by atoms with Gasteiger partial charge in [0.15, 0.2) is 17.5 Å². The normalized spacial score (nSPS) is 15.8. The van der Waals surface area contributed by atoms with Crippen LogP contribution in [0.25, 0.3) is 10.9 Å². The number of ether oxygens (including phenoxy) is 2. The predicted molar refractivity (Wildman–Crippen MR) is 123 cm³/mol. The first-order chi connectivity index (χ1) is 13.3. The van der Waals surface area contributed by atoms with Crippen molar-refractivity contribution in [3.63, 3.8) is 0 Å². The molecule has 2 heterocycles. The number of halogens is 1. The summed E-state index contributed by atoms with van der Waals surface area (Å²) >= 11 is 0. The minimum atomic E-state index is -0.0585. The molecule has 1 aromatic heterocycles. The molecule has 148 valence electrons. The first-order valence-corrected chi connectivity index (χ1v) is 9.29. The van der Waals surface area contributed by atoms with Crippen molar-refractivity contribution in [2.75, 3.05) is 19.7 Å². The summed E-state index contributed by atoms with van der Waals surface area (Å²) in [5, 5.41) is 7.82. The molecule has 7 heteroatoms. The molecular formula is C21H25IN4O2. The highest BCUT2D eigenvalue weighted by atomic mass is 127. The van der Waals surface area contributed by atoms with Gasteiger partial charge in [-0.1, -0.05) is 30.3 Å². The van der Waals surface area contributed by atoms with Gasteiger partial charge < -0.3 is 25.1 Å². The van der Waals surface area contributed by atoms with Gasteiger partial charge in [-0.05, 0) is 36.6 Å². The van der Waals surface area contributed by atoms with Crippen LogP contribution >= 0.6 is 24.0 Å². The number of aromatic amines is 1. The zero-order valence-electron chi connectivity index (χ0n) is 15.8. The van der Waals surface area contributed by atoms with Crippen molar-refractivity contribution in [1.82, 2.24) is 15.6 Å². The Morgan fingerprint density at radius 1 is 1.11 bits per heavy atom. The molecule has 3 aromatic rings. The number of hydrogen-bond donors (Lipinski definition) is 3. The Morgan fingerprint density at radius 3 is 2.71 bits per heavy atom. The Labute approximate surface area is 181 Å². The molecule has 0 saturated heterocycles. The molecule has 0 radical (unpaired) electrons. The number of guanidine groups is 1. The summed E-state index contributed by atoms with van der Waals surface area (Å²) in [4.78, 5) is 8.08. The SMILES string of the molecule is CCNC(=NCc1cc2ccccc2[nH]1)NCC1COc2ccccc2O1.I. The molecule has 0 saturated carbocycles. The lowest BCUT2D eigenvalue weighted by Crippen LogP contribution is -2.45. The first kappa shape index (κ1) is 20.3. The molecule has 1 unspecified atom stereocenters. The van der Waals surface area contributed by atoms with E-state index in [-0.39, 0.29) is 30.1 Å². The molecule has 1 atom stereocenters. The van der Waals surface area contributed by atoms with Crippen LogP contribution in [0, 0.1) is 0 Å². The van der Waals surface area contributed by atoms with E-state index in [2.05, 4.69) is 45.7 Å². The number of rotatable bonds is 5. The first-order valence-electron chi connectivity index (χ1n) is 9.29. The third kappa shape index (κ3) is 4.89. The molecule has 1 aliphatic rings. The van der Waals surface area contributed by atoms with Crippen LogP contribution in [0.5, 0.6) is 11.5 Å². The summed E-state index contributed by atoms with van der Waals surface area (Å²) in [5.74, 6) is 2.35. The van der Waals surface area contributed by atoms with Crippen molar-refractivity contribution in [2.24, 2.45) is 4.99 Å². The van der Waals surface area contributed by atoms with Gasteiger partial charge in [-0.3, -0.25) is 0 Å². The van der Waals surface area contributed by atoms with Crippen molar-refractivity contribution < 1.29 is 9.47 Å². The highest BCUT2D eigenvalue weighted by molar-refractivity contribution is 14.0. The Morgan fingerprint density at radius 2 is 1.89 bits per heavy atom. The third-order valence-electron chi connectivity index (χ3n) is 4.40. The van der Waals surface area contributed by atoms with Gasteiger partial charge in [-0.15, -0.1) is 24.0 Å². The summed E-state index contributed by atoms with van der Waals surface area (Å²) in [6.45, 7) is 4.56. The van der Waals surface area contributed by atoms with E-state index in [0.29, 0.717) is 19.7 Å². The quantitative estimate of drug-likeness (QED) is 0.289. The van der Waals surface area contributed by atoms with Crippen molar-refractivity contribution in [1.29, 1.82) is 0 Å². The average Bonchev–Trinajstić information content (AvgIpc) is 3.13. The summed E-state index contributed by atoms with van der Waals surface area (Å²) in [6, 6.07) is 18.1. The Bertz CT molecular complexity index is 908. The lowest BCUT2D eigenvalue weighted by atomic mass is 10.2. The third-order valence-corrected chi connectivity index (χ3v) is 4.40. The van der Waals surface area contributed by atoms with E-state index in [0.717, 1.165) is 35.2 Å². The fourth-order valence-corrected chi connectivity index (χ4v) is 3.10. The number of fused-ring (bicyclic) bond motifs is 2. The minimum absolute atomic E-state index is 0. The van der Waals surface area contributed by atoms with Gasteiger partial charge in [0, 0.05) is 17.8 Å². The Kier molecular flexibility index (Phi) is 7.02. The number of para-hydroxylation sites is 3. The predicted octanol–water partition coefficient (Wildman–Crippen LogP) is 3.68. The number of aromatic nitrogens is 1. The van der Waals surface area contributed by atoms with Gasteiger partial charge in [0.25, 0.3) is 0 Å². The van der Waals surface area contributed by atoms with Gasteiger partial charge >= 0.3 is 0 Å². The smallest absolute Gasteiger partial charge is 0.191 e. The van der Waals surface area contributed by atoms with E-state index >= 15 is 0 Å². The lowest BCUT2D eigenvalue weighted by Gasteiger charge is -2.27. The van der Waals surface area contributed by atoms with E-state index in [1.165, 1.54) is 5.39 Å². The van der Waals surface area contributed by atoms with E-state index in [4.69, 9.17) is 9.47 Å². The fraction of sp³-hybridized carbons (Fsp3) is 0.286. The summed E-state index contributed by atoms with van der Waals surface area (Å²) in [5.41, 5.74) is 2.21. The topological polar surface area (TPSA) is 70.7 Å². The number of H-pyrrole nitrogens is 1. The van der Waals surface area contributed by atoms with Crippen molar-refractivity contribution >= 4 is 40.8 Å². The second kappa shape index (κ2) is 9.68. The van der Waals surface area contributed by atoms with Gasteiger partial charge in [0.1, 0.15) is 12.7 Å². The molecule has 0 spiro atoms. The molecule has 6 nitrogen and oxygen atoms in total. The van der Waals surface area contributed by atoms with Gasteiger partial charge in [0.05, 0.1) is 13.1 Å². The molecule has 1 aliphatic heterocycles. The van der Waals surface area contributed by atoms with Crippen LogP contribution in [0.4, 0.5) is 0 Å². The second-order valence-corrected chi connectivity index (χ2v) is 6.46. The summed E-state index contributed by atoms with van der Waals surface area (Å²) < 4.78 is 11.7. The highest BCUT2D eigenvalue weighted by Crippen LogP contribution is 2.30. The highest BCUT2D eigenvalue weighted by Gasteiger charge is 2.20.